The summed E-state index contributed by atoms with van der Waals surface area (Å²) in [5, 5.41) is 3.38. The molecule has 1 aromatic rings. The van der Waals surface area contributed by atoms with Crippen LogP contribution < -0.4 is 15.8 Å². The Morgan fingerprint density at radius 2 is 1.83 bits per heavy atom. The van der Waals surface area contributed by atoms with Gasteiger partial charge in [-0.25, -0.2) is 0 Å². The van der Waals surface area contributed by atoms with Crippen LogP contribution in [0.1, 0.15) is 18.4 Å². The molecule has 0 saturated carbocycles. The van der Waals surface area contributed by atoms with Gasteiger partial charge in [-0.2, -0.15) is 0 Å². The van der Waals surface area contributed by atoms with Crippen LogP contribution in [0.15, 0.2) is 29.3 Å². The number of guanidine groups is 1. The smallest absolute Gasteiger partial charge is 0.255 e. The lowest BCUT2D eigenvalue weighted by atomic mass is 10.2. The minimum atomic E-state index is -0.500. The quantitative estimate of drug-likeness (QED) is 0.474. The number of nitrogens with one attached hydrogen (secondary N) is 1. The summed E-state index contributed by atoms with van der Waals surface area (Å²) in [6.45, 7) is 6.13. The van der Waals surface area contributed by atoms with Crippen LogP contribution >= 0.6 is 0 Å². The Bertz CT molecular complexity index is 755. The van der Waals surface area contributed by atoms with E-state index in [0.29, 0.717) is 18.8 Å². The topological polar surface area (TPSA) is 103 Å². The Hall–Kier alpha value is -2.81. The van der Waals surface area contributed by atoms with E-state index in [1.165, 1.54) is 0 Å². The second-order valence-electron chi connectivity index (χ2n) is 7.65. The number of nitrogens with two attached hydrogens (primary N) is 1. The molecule has 0 unspecified atom stereocenters. The first-order valence-corrected chi connectivity index (χ1v) is 10.5. The molecule has 2 amide bonds. The Labute approximate surface area is 177 Å². The van der Waals surface area contributed by atoms with E-state index < -0.39 is 5.91 Å². The molecular weight excluding hydrogens is 384 g/mol. The van der Waals surface area contributed by atoms with Gasteiger partial charge in [0, 0.05) is 52.9 Å². The minimum absolute atomic E-state index is 0.136. The molecule has 9 nitrogen and oxygen atoms in total. The third-order valence-corrected chi connectivity index (χ3v) is 5.43. The standard InChI is InChI=1S/C21H32N6O3/c1-23-21(24-14-17-5-4-6-18(13-17)30-16-19(22)28)27-11-9-25(10-12-27)15-20(29)26-7-2-3-8-26/h4-6,13H,2-3,7-12,14-16H2,1H3,(H2,22,28)(H,23,24). The molecule has 30 heavy (non-hydrogen) atoms. The van der Waals surface area contributed by atoms with Gasteiger partial charge in [-0.05, 0) is 30.5 Å². The van der Waals surface area contributed by atoms with Crippen LogP contribution in [0.2, 0.25) is 0 Å². The van der Waals surface area contributed by atoms with Crippen LogP contribution in [0.5, 0.6) is 5.75 Å². The lowest BCUT2D eigenvalue weighted by Gasteiger charge is -2.36. The van der Waals surface area contributed by atoms with E-state index in [1.807, 2.05) is 23.1 Å². The predicted octanol–water partition coefficient (Wildman–Crippen LogP) is -0.134. The van der Waals surface area contributed by atoms with Gasteiger partial charge in [0.1, 0.15) is 5.75 Å². The number of piperazine rings is 1. The first-order valence-electron chi connectivity index (χ1n) is 10.5. The molecule has 0 aromatic heterocycles. The molecule has 2 aliphatic heterocycles. The van der Waals surface area contributed by atoms with Crippen molar-refractivity contribution in [1.82, 2.24) is 20.0 Å². The summed E-state index contributed by atoms with van der Waals surface area (Å²) in [5.74, 6) is 1.20. The van der Waals surface area contributed by atoms with Gasteiger partial charge in [0.05, 0.1) is 6.54 Å². The van der Waals surface area contributed by atoms with E-state index in [1.54, 1.807) is 13.1 Å². The molecule has 3 rings (SSSR count). The number of primary amides is 1. The minimum Gasteiger partial charge on any atom is -0.484 e. The average molecular weight is 417 g/mol. The highest BCUT2D eigenvalue weighted by molar-refractivity contribution is 5.80. The first-order chi connectivity index (χ1) is 14.5. The fourth-order valence-electron chi connectivity index (χ4n) is 3.79. The monoisotopic (exact) mass is 416 g/mol. The van der Waals surface area contributed by atoms with Gasteiger partial charge >= 0.3 is 0 Å². The second kappa shape index (κ2) is 10.8. The zero-order chi connectivity index (χ0) is 21.3. The first kappa shape index (κ1) is 21.9. The summed E-state index contributed by atoms with van der Waals surface area (Å²) in [6.07, 6.45) is 2.25. The Morgan fingerprint density at radius 1 is 1.10 bits per heavy atom. The number of likely N-dealkylation sites (tertiary alicyclic amines) is 1. The third kappa shape index (κ3) is 6.35. The lowest BCUT2D eigenvalue weighted by molar-refractivity contribution is -0.131. The van der Waals surface area contributed by atoms with Gasteiger partial charge < -0.3 is 25.6 Å². The Morgan fingerprint density at radius 3 is 2.50 bits per heavy atom. The maximum Gasteiger partial charge on any atom is 0.255 e. The highest BCUT2D eigenvalue weighted by atomic mass is 16.5. The van der Waals surface area contributed by atoms with E-state index in [-0.39, 0.29) is 12.5 Å². The van der Waals surface area contributed by atoms with Crippen molar-refractivity contribution in [3.05, 3.63) is 29.8 Å². The van der Waals surface area contributed by atoms with Crippen LogP contribution in [0.4, 0.5) is 0 Å². The van der Waals surface area contributed by atoms with Crippen molar-refractivity contribution in [2.24, 2.45) is 10.7 Å². The van der Waals surface area contributed by atoms with Crippen molar-refractivity contribution in [1.29, 1.82) is 0 Å². The number of hydrogen-bond donors (Lipinski definition) is 2. The normalized spacial score (nSPS) is 17.8. The summed E-state index contributed by atoms with van der Waals surface area (Å²) < 4.78 is 5.36. The molecule has 0 aliphatic carbocycles. The molecule has 2 saturated heterocycles. The second-order valence-corrected chi connectivity index (χ2v) is 7.65. The number of ether oxygens (including phenoxy) is 1. The molecule has 1 aromatic carbocycles. The molecule has 0 spiro atoms. The number of rotatable bonds is 7. The molecule has 0 atom stereocenters. The zero-order valence-electron chi connectivity index (χ0n) is 17.7. The SMILES string of the molecule is CN=C(NCc1cccc(OCC(N)=O)c1)N1CCN(CC(=O)N2CCCC2)CC1. The van der Waals surface area contributed by atoms with E-state index in [9.17, 15) is 9.59 Å². The Kier molecular flexibility index (Phi) is 7.89. The van der Waals surface area contributed by atoms with Crippen molar-refractivity contribution < 1.29 is 14.3 Å². The molecule has 164 valence electrons. The van der Waals surface area contributed by atoms with Crippen molar-refractivity contribution >= 4 is 17.8 Å². The molecule has 2 aliphatic rings. The summed E-state index contributed by atoms with van der Waals surface area (Å²) in [4.78, 5) is 34.1. The lowest BCUT2D eigenvalue weighted by Crippen LogP contribution is -2.54. The number of benzene rings is 1. The highest BCUT2D eigenvalue weighted by Gasteiger charge is 2.24. The van der Waals surface area contributed by atoms with Crippen LogP contribution in [0, 0.1) is 0 Å². The van der Waals surface area contributed by atoms with Gasteiger partial charge in [0.15, 0.2) is 12.6 Å². The van der Waals surface area contributed by atoms with Gasteiger partial charge in [-0.1, -0.05) is 12.1 Å². The van der Waals surface area contributed by atoms with E-state index in [0.717, 1.165) is 63.6 Å². The predicted molar refractivity (Wildman–Crippen MR) is 115 cm³/mol. The van der Waals surface area contributed by atoms with Crippen molar-refractivity contribution in [2.75, 3.05) is 59.5 Å². The number of nitrogens with zero attached hydrogens (tertiary/aromatic N) is 4. The van der Waals surface area contributed by atoms with Gasteiger partial charge in [0.25, 0.3) is 5.91 Å². The largest absolute Gasteiger partial charge is 0.484 e. The fraction of sp³-hybridized carbons (Fsp3) is 0.571. The summed E-state index contributed by atoms with van der Waals surface area (Å²) in [5.41, 5.74) is 6.14. The van der Waals surface area contributed by atoms with Crippen LogP contribution in [0.25, 0.3) is 0 Å². The summed E-state index contributed by atoms with van der Waals surface area (Å²) in [7, 11) is 1.78. The zero-order valence-corrected chi connectivity index (χ0v) is 17.7. The number of amides is 2. The van der Waals surface area contributed by atoms with Crippen molar-refractivity contribution in [3.63, 3.8) is 0 Å². The number of aliphatic imine (C=N–C) groups is 1. The Balaban J connectivity index is 1.44. The van der Waals surface area contributed by atoms with Gasteiger partial charge in [-0.15, -0.1) is 0 Å². The van der Waals surface area contributed by atoms with Crippen molar-refractivity contribution in [3.8, 4) is 5.75 Å². The summed E-state index contributed by atoms with van der Waals surface area (Å²) in [6, 6.07) is 7.54. The van der Waals surface area contributed by atoms with Crippen molar-refractivity contribution in [2.45, 2.75) is 19.4 Å². The molecule has 0 bridgehead atoms. The fourth-order valence-corrected chi connectivity index (χ4v) is 3.79. The van der Waals surface area contributed by atoms with E-state index in [2.05, 4.69) is 20.1 Å². The van der Waals surface area contributed by atoms with Gasteiger partial charge in [0.2, 0.25) is 5.91 Å². The molecule has 2 heterocycles. The third-order valence-electron chi connectivity index (χ3n) is 5.43. The van der Waals surface area contributed by atoms with Crippen LogP contribution in [-0.2, 0) is 16.1 Å². The number of carbonyl (C=O) groups is 2. The maximum absolute atomic E-state index is 12.4. The number of carbonyl (C=O) groups excluding carboxylic acids is 2. The molecule has 3 N–H and O–H groups in total. The van der Waals surface area contributed by atoms with Gasteiger partial charge in [-0.3, -0.25) is 19.5 Å². The molecule has 0 radical (unpaired) electrons. The van der Waals surface area contributed by atoms with Crippen LogP contribution in [-0.4, -0.2) is 91.9 Å². The molecule has 9 heteroatoms. The summed E-state index contributed by atoms with van der Waals surface area (Å²) >= 11 is 0. The molecular formula is C21H32N6O3. The van der Waals surface area contributed by atoms with E-state index in [4.69, 9.17) is 10.5 Å². The van der Waals surface area contributed by atoms with Crippen LogP contribution in [0.3, 0.4) is 0 Å². The maximum atomic E-state index is 12.4. The molecule has 2 fully saturated rings. The highest BCUT2D eigenvalue weighted by Crippen LogP contribution is 2.13. The average Bonchev–Trinajstić information content (AvgIpc) is 3.29. The number of hydrogen-bond acceptors (Lipinski definition) is 5. The van der Waals surface area contributed by atoms with E-state index >= 15 is 0 Å².